The first-order valence-corrected chi connectivity index (χ1v) is 7.45. The van der Waals surface area contributed by atoms with Crippen LogP contribution < -0.4 is 15.9 Å². The Balaban J connectivity index is 1.69. The summed E-state index contributed by atoms with van der Waals surface area (Å²) in [5.41, 5.74) is 9.41. The van der Waals surface area contributed by atoms with E-state index < -0.39 is 12.3 Å². The summed E-state index contributed by atoms with van der Waals surface area (Å²) in [6, 6.07) is 6.70. The van der Waals surface area contributed by atoms with Crippen LogP contribution in [0, 0.1) is 5.92 Å². The van der Waals surface area contributed by atoms with Crippen molar-refractivity contribution in [3.63, 3.8) is 0 Å². The second-order valence-electron chi connectivity index (χ2n) is 5.61. The average molecular weight is 332 g/mol. The van der Waals surface area contributed by atoms with Gasteiger partial charge < -0.3 is 24.8 Å². The van der Waals surface area contributed by atoms with E-state index in [9.17, 15) is 4.79 Å². The highest BCUT2D eigenvalue weighted by atomic mass is 16.7. The van der Waals surface area contributed by atoms with Crippen LogP contribution in [0.15, 0.2) is 34.5 Å². The van der Waals surface area contributed by atoms with E-state index in [1.54, 1.807) is 7.11 Å². The summed E-state index contributed by atoms with van der Waals surface area (Å²) < 4.78 is 16.5. The number of benzene rings is 1. The van der Waals surface area contributed by atoms with Crippen molar-refractivity contribution in [2.75, 3.05) is 13.7 Å². The molecule has 0 spiro atoms. The molecule has 3 aliphatic rings. The van der Waals surface area contributed by atoms with E-state index in [-0.39, 0.29) is 18.1 Å². The Morgan fingerprint density at radius 2 is 2.21 bits per heavy atom. The summed E-state index contributed by atoms with van der Waals surface area (Å²) in [7, 11) is 1.61. The minimum Gasteiger partial charge on any atom is -0.497 e. The predicted octanol–water partition coefficient (Wildman–Crippen LogP) is 0.194. The normalized spacial score (nSPS) is 32.0. The van der Waals surface area contributed by atoms with Crippen molar-refractivity contribution in [1.82, 2.24) is 5.43 Å². The van der Waals surface area contributed by atoms with Gasteiger partial charge in [0.25, 0.3) is 0 Å². The first-order chi connectivity index (χ1) is 11.7. The van der Waals surface area contributed by atoms with Crippen LogP contribution in [0.1, 0.15) is 5.56 Å². The van der Waals surface area contributed by atoms with Crippen molar-refractivity contribution >= 4 is 17.5 Å². The molecule has 126 valence electrons. The molecule has 3 aliphatic heterocycles. The highest BCUT2D eigenvalue weighted by Gasteiger charge is 2.55. The lowest BCUT2D eigenvalue weighted by Crippen LogP contribution is -2.49. The Bertz CT molecular complexity index is 717. The van der Waals surface area contributed by atoms with Gasteiger partial charge in [-0.1, -0.05) is 5.16 Å². The van der Waals surface area contributed by atoms with Crippen LogP contribution in [-0.4, -0.2) is 49.7 Å². The predicted molar refractivity (Wildman–Crippen MR) is 82.7 cm³/mol. The molecule has 3 heterocycles. The number of methoxy groups -OCH3 is 1. The van der Waals surface area contributed by atoms with Crippen LogP contribution in [0.3, 0.4) is 0 Å². The zero-order chi connectivity index (χ0) is 16.7. The molecular weight excluding hydrogens is 316 g/mol. The fourth-order valence-electron chi connectivity index (χ4n) is 3.11. The number of oxime groups is 1. The summed E-state index contributed by atoms with van der Waals surface area (Å²) in [6.45, 7) is 0.382. The second-order valence-corrected chi connectivity index (χ2v) is 5.61. The van der Waals surface area contributed by atoms with Gasteiger partial charge in [-0.3, -0.25) is 0 Å². The lowest BCUT2D eigenvalue weighted by molar-refractivity contribution is -0.0812. The van der Waals surface area contributed by atoms with Crippen molar-refractivity contribution in [1.29, 1.82) is 0 Å². The molecule has 2 saturated heterocycles. The number of fused-ring (bicyclic) bond motifs is 4. The Morgan fingerprint density at radius 1 is 1.42 bits per heavy atom. The van der Waals surface area contributed by atoms with Gasteiger partial charge in [0.1, 0.15) is 17.6 Å². The van der Waals surface area contributed by atoms with Crippen LogP contribution in [0.4, 0.5) is 4.79 Å². The van der Waals surface area contributed by atoms with E-state index >= 15 is 0 Å². The number of nitrogens with zero attached hydrogens (tertiary/aromatic N) is 2. The van der Waals surface area contributed by atoms with Gasteiger partial charge in [-0.05, 0) is 24.3 Å². The molecule has 1 aromatic carbocycles. The summed E-state index contributed by atoms with van der Waals surface area (Å²) in [6.07, 6.45) is -1.23. The lowest BCUT2D eigenvalue weighted by Gasteiger charge is -2.29. The largest absolute Gasteiger partial charge is 0.497 e. The van der Waals surface area contributed by atoms with Gasteiger partial charge in [-0.25, -0.2) is 10.2 Å². The number of urea groups is 1. The molecule has 2 bridgehead atoms. The Kier molecular flexibility index (Phi) is 3.58. The van der Waals surface area contributed by atoms with Crippen molar-refractivity contribution < 1.29 is 23.8 Å². The van der Waals surface area contributed by atoms with E-state index in [1.165, 1.54) is 0 Å². The molecule has 9 nitrogen and oxygen atoms in total. The topological polar surface area (TPSA) is 117 Å². The third-order valence-electron chi connectivity index (χ3n) is 4.21. The molecular formula is C15H16N4O5. The zero-order valence-corrected chi connectivity index (χ0v) is 12.8. The van der Waals surface area contributed by atoms with Crippen molar-refractivity contribution in [2.45, 2.75) is 18.5 Å². The molecule has 9 heteroatoms. The number of amides is 2. The van der Waals surface area contributed by atoms with E-state index in [2.05, 4.69) is 15.7 Å². The molecule has 0 saturated carbocycles. The third kappa shape index (κ3) is 2.38. The number of hydrogen-bond donors (Lipinski definition) is 2. The molecule has 4 rings (SSSR count). The van der Waals surface area contributed by atoms with Crippen LogP contribution in [0.5, 0.6) is 5.75 Å². The molecule has 2 amide bonds. The number of primary amides is 1. The number of nitrogens with one attached hydrogen (secondary N) is 1. The van der Waals surface area contributed by atoms with Crippen molar-refractivity contribution in [3.8, 4) is 5.75 Å². The Morgan fingerprint density at radius 3 is 2.92 bits per heavy atom. The minimum atomic E-state index is -0.763. The molecule has 4 atom stereocenters. The van der Waals surface area contributed by atoms with E-state index in [4.69, 9.17) is 24.8 Å². The van der Waals surface area contributed by atoms with E-state index in [0.717, 1.165) is 11.3 Å². The number of hydrazone groups is 1. The molecule has 0 aliphatic carbocycles. The quantitative estimate of drug-likeness (QED) is 0.767. The van der Waals surface area contributed by atoms with Gasteiger partial charge >= 0.3 is 6.03 Å². The summed E-state index contributed by atoms with van der Waals surface area (Å²) in [5.74, 6) is 0.464. The average Bonchev–Trinajstić information content (AvgIpc) is 3.21. The summed E-state index contributed by atoms with van der Waals surface area (Å²) in [5, 5.41) is 8.29. The molecule has 0 radical (unpaired) electrons. The summed E-state index contributed by atoms with van der Waals surface area (Å²) >= 11 is 0. The van der Waals surface area contributed by atoms with Gasteiger partial charge in [0.05, 0.1) is 25.3 Å². The molecule has 24 heavy (non-hydrogen) atoms. The van der Waals surface area contributed by atoms with E-state index in [1.807, 2.05) is 24.3 Å². The van der Waals surface area contributed by atoms with Crippen LogP contribution in [0.2, 0.25) is 0 Å². The number of carbonyl (C=O) groups is 1. The summed E-state index contributed by atoms with van der Waals surface area (Å²) in [4.78, 5) is 16.6. The van der Waals surface area contributed by atoms with Gasteiger partial charge in [-0.2, -0.15) is 5.10 Å². The standard InChI is InChI=1S/C15H16N4O5/c1-21-8-4-2-7(3-5-8)11-10-12(17-18-15(16)20)14-22-6-9(23-14)13(10)24-19-11/h2-5,9-10,13-14H,6H2,1H3,(H3,16,18,20)/b17-12+/t9-,10+,13-,14-/m1/s1. The van der Waals surface area contributed by atoms with Crippen LogP contribution >= 0.6 is 0 Å². The maximum atomic E-state index is 11.0. The van der Waals surface area contributed by atoms with Gasteiger partial charge in [0.2, 0.25) is 0 Å². The van der Waals surface area contributed by atoms with Crippen molar-refractivity contribution in [3.05, 3.63) is 29.8 Å². The van der Waals surface area contributed by atoms with E-state index in [0.29, 0.717) is 18.0 Å². The van der Waals surface area contributed by atoms with Gasteiger partial charge in [0.15, 0.2) is 12.4 Å². The monoisotopic (exact) mass is 332 g/mol. The molecule has 3 N–H and O–H groups in total. The molecule has 1 aromatic rings. The van der Waals surface area contributed by atoms with Gasteiger partial charge in [-0.15, -0.1) is 0 Å². The number of hydrogen-bond acceptors (Lipinski definition) is 7. The van der Waals surface area contributed by atoms with Crippen LogP contribution in [0.25, 0.3) is 0 Å². The fraction of sp³-hybridized carbons (Fsp3) is 0.400. The fourth-order valence-corrected chi connectivity index (χ4v) is 3.11. The minimum absolute atomic E-state index is 0.230. The number of ether oxygens (including phenoxy) is 3. The van der Waals surface area contributed by atoms with Crippen LogP contribution in [-0.2, 0) is 14.3 Å². The first-order valence-electron chi connectivity index (χ1n) is 7.45. The zero-order valence-electron chi connectivity index (χ0n) is 12.8. The number of nitrogens with two attached hydrogens (primary N) is 1. The lowest BCUT2D eigenvalue weighted by atomic mass is 9.84. The molecule has 2 fully saturated rings. The first kappa shape index (κ1) is 14.9. The smallest absolute Gasteiger partial charge is 0.332 e. The van der Waals surface area contributed by atoms with Gasteiger partial charge in [0, 0.05) is 5.56 Å². The second kappa shape index (κ2) is 5.77. The maximum absolute atomic E-state index is 11.0. The molecule has 0 unspecified atom stereocenters. The Labute approximate surface area is 137 Å². The third-order valence-corrected chi connectivity index (χ3v) is 4.21. The molecule has 0 aromatic heterocycles. The highest BCUT2D eigenvalue weighted by molar-refractivity contribution is 6.17. The van der Waals surface area contributed by atoms with Crippen molar-refractivity contribution in [2.24, 2.45) is 21.9 Å². The maximum Gasteiger partial charge on any atom is 0.332 e. The Hall–Kier alpha value is -2.65. The highest BCUT2D eigenvalue weighted by Crippen LogP contribution is 2.38. The SMILES string of the molecule is COc1ccc(C2=NO[C@@H]3[C@H]4CO[C@H](O4)/C(=N/NC(N)=O)[C@H]23)cc1. The number of carbonyl (C=O) groups excluding carboxylic acids is 1. The number of rotatable bonds is 3.